The standard InChI is InChI=1S/C20H24N2O4/c1-16-5-2-3-6-18(16)26-13-4-7-19(23)21-9-11-22(12-10-21)20(24)17-8-14-25-15-17/h2-3,5-6,8,14-15H,4,7,9-13H2,1H3. The van der Waals surface area contributed by atoms with E-state index in [2.05, 4.69) is 0 Å². The summed E-state index contributed by atoms with van der Waals surface area (Å²) in [6, 6.07) is 9.52. The maximum absolute atomic E-state index is 12.3. The third-order valence-corrected chi connectivity index (χ3v) is 4.57. The van der Waals surface area contributed by atoms with Gasteiger partial charge in [-0.15, -0.1) is 0 Å². The summed E-state index contributed by atoms with van der Waals surface area (Å²) in [6.07, 6.45) is 4.09. The molecule has 2 heterocycles. The number of nitrogens with zero attached hydrogens (tertiary/aromatic N) is 2. The Hall–Kier alpha value is -2.76. The normalized spacial score (nSPS) is 14.3. The van der Waals surface area contributed by atoms with Gasteiger partial charge >= 0.3 is 0 Å². The number of benzene rings is 1. The molecule has 0 bridgehead atoms. The number of furan rings is 1. The maximum atomic E-state index is 12.3. The molecule has 0 saturated carbocycles. The van der Waals surface area contributed by atoms with Crippen molar-refractivity contribution in [1.82, 2.24) is 9.80 Å². The van der Waals surface area contributed by atoms with E-state index in [-0.39, 0.29) is 11.8 Å². The Morgan fingerprint density at radius 3 is 2.50 bits per heavy atom. The van der Waals surface area contributed by atoms with Crippen LogP contribution in [0, 0.1) is 6.92 Å². The van der Waals surface area contributed by atoms with Crippen LogP contribution >= 0.6 is 0 Å². The molecule has 0 atom stereocenters. The van der Waals surface area contributed by atoms with Gasteiger partial charge in [-0.2, -0.15) is 0 Å². The predicted octanol–water partition coefficient (Wildman–Crippen LogP) is 2.73. The highest BCUT2D eigenvalue weighted by Gasteiger charge is 2.24. The average Bonchev–Trinajstić information content (AvgIpc) is 3.20. The Bertz CT molecular complexity index is 734. The van der Waals surface area contributed by atoms with Crippen LogP contribution in [0.25, 0.3) is 0 Å². The monoisotopic (exact) mass is 356 g/mol. The van der Waals surface area contributed by atoms with Crippen LogP contribution < -0.4 is 4.74 Å². The molecule has 2 aromatic rings. The van der Waals surface area contributed by atoms with Gasteiger partial charge in [0.25, 0.3) is 5.91 Å². The van der Waals surface area contributed by atoms with Gasteiger partial charge in [0, 0.05) is 32.6 Å². The van der Waals surface area contributed by atoms with Crippen molar-refractivity contribution in [1.29, 1.82) is 0 Å². The van der Waals surface area contributed by atoms with Crippen molar-refractivity contribution in [2.75, 3.05) is 32.8 Å². The second kappa shape index (κ2) is 8.56. The summed E-state index contributed by atoms with van der Waals surface area (Å²) in [7, 11) is 0. The molecular formula is C20H24N2O4. The van der Waals surface area contributed by atoms with Crippen LogP contribution in [0.15, 0.2) is 47.3 Å². The molecule has 0 N–H and O–H groups in total. The summed E-state index contributed by atoms with van der Waals surface area (Å²) in [5.74, 6) is 0.942. The zero-order valence-electron chi connectivity index (χ0n) is 15.0. The van der Waals surface area contributed by atoms with E-state index < -0.39 is 0 Å². The molecule has 1 aliphatic heterocycles. The van der Waals surface area contributed by atoms with Crippen LogP contribution in [-0.2, 0) is 4.79 Å². The van der Waals surface area contributed by atoms with Crippen molar-refractivity contribution in [2.45, 2.75) is 19.8 Å². The minimum atomic E-state index is -0.0440. The molecule has 2 amide bonds. The van der Waals surface area contributed by atoms with Gasteiger partial charge in [-0.1, -0.05) is 18.2 Å². The zero-order valence-corrected chi connectivity index (χ0v) is 15.0. The van der Waals surface area contributed by atoms with Gasteiger partial charge in [0.15, 0.2) is 0 Å². The fourth-order valence-electron chi connectivity index (χ4n) is 3.01. The number of aryl methyl sites for hydroxylation is 1. The summed E-state index contributed by atoms with van der Waals surface area (Å²) in [6.45, 7) is 4.77. The van der Waals surface area contributed by atoms with Gasteiger partial charge in [-0.3, -0.25) is 9.59 Å². The zero-order chi connectivity index (χ0) is 18.4. The molecule has 6 heteroatoms. The van der Waals surface area contributed by atoms with E-state index in [9.17, 15) is 9.59 Å². The van der Waals surface area contributed by atoms with Gasteiger partial charge < -0.3 is 19.0 Å². The first kappa shape index (κ1) is 18.0. The first-order valence-electron chi connectivity index (χ1n) is 8.93. The van der Waals surface area contributed by atoms with Gasteiger partial charge in [0.2, 0.25) is 5.91 Å². The Labute approximate surface area is 153 Å². The Morgan fingerprint density at radius 1 is 1.08 bits per heavy atom. The maximum Gasteiger partial charge on any atom is 0.257 e. The molecule has 0 spiro atoms. The second-order valence-corrected chi connectivity index (χ2v) is 6.40. The highest BCUT2D eigenvalue weighted by atomic mass is 16.5. The predicted molar refractivity (Wildman–Crippen MR) is 97.1 cm³/mol. The lowest BCUT2D eigenvalue weighted by Crippen LogP contribution is -2.50. The topological polar surface area (TPSA) is 63.0 Å². The number of amides is 2. The van der Waals surface area contributed by atoms with E-state index in [0.29, 0.717) is 51.2 Å². The van der Waals surface area contributed by atoms with E-state index in [1.807, 2.05) is 36.1 Å². The molecule has 1 fully saturated rings. The molecule has 1 aromatic carbocycles. The number of piperazine rings is 1. The molecule has 3 rings (SSSR count). The molecule has 1 aromatic heterocycles. The Morgan fingerprint density at radius 2 is 1.81 bits per heavy atom. The fourth-order valence-corrected chi connectivity index (χ4v) is 3.01. The van der Waals surface area contributed by atoms with E-state index in [0.717, 1.165) is 11.3 Å². The van der Waals surface area contributed by atoms with E-state index in [1.54, 1.807) is 11.0 Å². The lowest BCUT2D eigenvalue weighted by molar-refractivity contribution is -0.132. The van der Waals surface area contributed by atoms with Crippen LogP contribution in [0.1, 0.15) is 28.8 Å². The van der Waals surface area contributed by atoms with E-state index in [4.69, 9.17) is 9.15 Å². The van der Waals surface area contributed by atoms with E-state index >= 15 is 0 Å². The van der Waals surface area contributed by atoms with Crippen LogP contribution in [0.4, 0.5) is 0 Å². The number of ether oxygens (including phenoxy) is 1. The van der Waals surface area contributed by atoms with Gasteiger partial charge in [0.1, 0.15) is 12.0 Å². The number of rotatable bonds is 6. The molecule has 1 aliphatic rings. The number of hydrogen-bond donors (Lipinski definition) is 0. The molecule has 0 aliphatic carbocycles. The number of hydrogen-bond acceptors (Lipinski definition) is 4. The van der Waals surface area contributed by atoms with Crippen LogP contribution in [-0.4, -0.2) is 54.4 Å². The summed E-state index contributed by atoms with van der Waals surface area (Å²) < 4.78 is 10.7. The molecule has 0 radical (unpaired) electrons. The van der Waals surface area contributed by atoms with Crippen molar-refractivity contribution in [3.8, 4) is 5.75 Å². The fraction of sp³-hybridized carbons (Fsp3) is 0.400. The van der Waals surface area contributed by atoms with Crippen molar-refractivity contribution >= 4 is 11.8 Å². The van der Waals surface area contributed by atoms with Gasteiger partial charge in [0.05, 0.1) is 18.4 Å². The third kappa shape index (κ3) is 4.45. The largest absolute Gasteiger partial charge is 0.493 e. The molecule has 138 valence electrons. The molecule has 1 saturated heterocycles. The molecule has 6 nitrogen and oxygen atoms in total. The average molecular weight is 356 g/mol. The summed E-state index contributed by atoms with van der Waals surface area (Å²) in [5.41, 5.74) is 1.65. The second-order valence-electron chi connectivity index (χ2n) is 6.40. The van der Waals surface area contributed by atoms with Gasteiger partial charge in [-0.25, -0.2) is 0 Å². The van der Waals surface area contributed by atoms with Crippen molar-refractivity contribution in [3.05, 3.63) is 54.0 Å². The minimum Gasteiger partial charge on any atom is -0.493 e. The first-order valence-corrected chi connectivity index (χ1v) is 8.93. The Balaban J connectivity index is 1.37. The van der Waals surface area contributed by atoms with Crippen LogP contribution in [0.3, 0.4) is 0 Å². The molecule has 0 unspecified atom stereocenters. The molecule has 26 heavy (non-hydrogen) atoms. The van der Waals surface area contributed by atoms with Gasteiger partial charge in [-0.05, 0) is 31.0 Å². The summed E-state index contributed by atoms with van der Waals surface area (Å²) in [5, 5.41) is 0. The van der Waals surface area contributed by atoms with E-state index in [1.165, 1.54) is 12.5 Å². The van der Waals surface area contributed by atoms with Crippen molar-refractivity contribution in [3.63, 3.8) is 0 Å². The van der Waals surface area contributed by atoms with Crippen molar-refractivity contribution < 1.29 is 18.7 Å². The quantitative estimate of drug-likeness (QED) is 0.747. The van der Waals surface area contributed by atoms with Crippen molar-refractivity contribution in [2.24, 2.45) is 0 Å². The summed E-state index contributed by atoms with van der Waals surface area (Å²) >= 11 is 0. The lowest BCUT2D eigenvalue weighted by atomic mass is 10.2. The first-order chi connectivity index (χ1) is 12.6. The smallest absolute Gasteiger partial charge is 0.257 e. The van der Waals surface area contributed by atoms with Crippen LogP contribution in [0.2, 0.25) is 0 Å². The number of para-hydroxylation sites is 1. The highest BCUT2D eigenvalue weighted by Crippen LogP contribution is 2.16. The minimum absolute atomic E-state index is 0.0440. The number of carbonyl (C=O) groups excluding carboxylic acids is 2. The molecular weight excluding hydrogens is 332 g/mol. The lowest BCUT2D eigenvalue weighted by Gasteiger charge is -2.34. The third-order valence-electron chi connectivity index (χ3n) is 4.57. The SMILES string of the molecule is Cc1ccccc1OCCCC(=O)N1CCN(C(=O)c2ccoc2)CC1. The number of carbonyl (C=O) groups is 2. The summed E-state index contributed by atoms with van der Waals surface area (Å²) in [4.78, 5) is 28.2. The Kier molecular flexibility index (Phi) is 5.94. The highest BCUT2D eigenvalue weighted by molar-refractivity contribution is 5.94. The van der Waals surface area contributed by atoms with Crippen LogP contribution in [0.5, 0.6) is 5.75 Å².